The number of carboxylic acid groups (broad SMARTS) is 1. The van der Waals surface area contributed by atoms with Crippen LogP contribution in [0.1, 0.15) is 25.7 Å². The van der Waals surface area contributed by atoms with Crippen molar-refractivity contribution < 1.29 is 14.7 Å². The van der Waals surface area contributed by atoms with Crippen molar-refractivity contribution in [3.8, 4) is 0 Å². The molecule has 0 aromatic rings. The van der Waals surface area contributed by atoms with Gasteiger partial charge in [-0.2, -0.15) is 0 Å². The van der Waals surface area contributed by atoms with Crippen molar-refractivity contribution in [3.05, 3.63) is 0 Å². The first kappa shape index (κ1) is 12.0. The van der Waals surface area contributed by atoms with Crippen molar-refractivity contribution in [2.24, 2.45) is 11.7 Å². The minimum Gasteiger partial charge on any atom is -0.481 e. The molecular weight excluding hydrogens is 196 g/mol. The number of likely N-dealkylation sites (tertiary alicyclic amines) is 1. The first-order chi connectivity index (χ1) is 7.08. The minimum atomic E-state index is -0.739. The number of primary amides is 1. The van der Waals surface area contributed by atoms with Gasteiger partial charge in [0.1, 0.15) is 0 Å². The fourth-order valence-electron chi connectivity index (χ4n) is 2.04. The summed E-state index contributed by atoms with van der Waals surface area (Å²) in [5.74, 6) is -0.809. The minimum absolute atomic E-state index is 0.226. The molecule has 5 heteroatoms. The van der Waals surface area contributed by atoms with Crippen LogP contribution in [-0.4, -0.2) is 41.5 Å². The van der Waals surface area contributed by atoms with Gasteiger partial charge in [0.05, 0.1) is 0 Å². The molecule has 1 fully saturated rings. The van der Waals surface area contributed by atoms with Gasteiger partial charge in [-0.15, -0.1) is 0 Å². The Kier molecular flexibility index (Phi) is 4.55. The van der Waals surface area contributed by atoms with E-state index < -0.39 is 5.97 Å². The summed E-state index contributed by atoms with van der Waals surface area (Å²) in [6.07, 6.45) is 2.57. The maximum absolute atomic E-state index is 10.6. The van der Waals surface area contributed by atoms with Crippen LogP contribution in [0.15, 0.2) is 0 Å². The largest absolute Gasteiger partial charge is 0.481 e. The quantitative estimate of drug-likeness (QED) is 0.677. The molecule has 0 saturated carbocycles. The Hall–Kier alpha value is -1.10. The van der Waals surface area contributed by atoms with Crippen LogP contribution in [0, 0.1) is 5.92 Å². The highest BCUT2D eigenvalue weighted by atomic mass is 16.4. The summed E-state index contributed by atoms with van der Waals surface area (Å²) < 4.78 is 0. The number of rotatable bonds is 5. The number of hydrogen-bond donors (Lipinski definition) is 2. The summed E-state index contributed by atoms with van der Waals surface area (Å²) in [7, 11) is 0. The zero-order valence-corrected chi connectivity index (χ0v) is 8.82. The Labute approximate surface area is 89.2 Å². The molecule has 1 aliphatic rings. The number of nitrogens with two attached hydrogens (primary N) is 1. The molecule has 86 valence electrons. The number of nitrogens with zero attached hydrogens (tertiary/aromatic N) is 1. The third kappa shape index (κ3) is 4.78. The van der Waals surface area contributed by atoms with E-state index in [1.165, 1.54) is 0 Å². The van der Waals surface area contributed by atoms with Gasteiger partial charge in [0.25, 0.3) is 0 Å². The number of carbonyl (C=O) groups is 2. The van der Waals surface area contributed by atoms with E-state index in [1.807, 2.05) is 0 Å². The molecule has 0 radical (unpaired) electrons. The van der Waals surface area contributed by atoms with E-state index >= 15 is 0 Å². The smallest absolute Gasteiger partial charge is 0.303 e. The van der Waals surface area contributed by atoms with Crippen LogP contribution in [-0.2, 0) is 9.59 Å². The summed E-state index contributed by atoms with van der Waals surface area (Å²) in [6, 6.07) is 0. The van der Waals surface area contributed by atoms with Crippen molar-refractivity contribution in [3.63, 3.8) is 0 Å². The van der Waals surface area contributed by atoms with Crippen LogP contribution in [0.3, 0.4) is 0 Å². The van der Waals surface area contributed by atoms with Gasteiger partial charge in [-0.1, -0.05) is 0 Å². The zero-order valence-electron chi connectivity index (χ0n) is 8.82. The molecule has 5 nitrogen and oxygen atoms in total. The Morgan fingerprint density at radius 2 is 2.20 bits per heavy atom. The summed E-state index contributed by atoms with van der Waals surface area (Å²) in [5, 5.41) is 8.68. The van der Waals surface area contributed by atoms with Crippen LogP contribution >= 0.6 is 0 Å². The number of piperidine rings is 1. The molecule has 1 rings (SSSR count). The second kappa shape index (κ2) is 5.70. The number of carboxylic acids is 1. The van der Waals surface area contributed by atoms with Crippen LogP contribution in [0.4, 0.5) is 0 Å². The molecule has 1 amide bonds. The lowest BCUT2D eigenvalue weighted by Gasteiger charge is -2.31. The van der Waals surface area contributed by atoms with Crippen LogP contribution in [0.5, 0.6) is 0 Å². The van der Waals surface area contributed by atoms with Gasteiger partial charge in [-0.05, 0) is 25.3 Å². The highest BCUT2D eigenvalue weighted by Crippen LogP contribution is 2.19. The van der Waals surface area contributed by atoms with E-state index in [2.05, 4.69) is 4.90 Å². The molecule has 1 atom stereocenters. The van der Waals surface area contributed by atoms with Crippen molar-refractivity contribution >= 4 is 11.9 Å². The second-order valence-electron chi connectivity index (χ2n) is 4.12. The lowest BCUT2D eigenvalue weighted by molar-refractivity contribution is -0.138. The van der Waals surface area contributed by atoms with E-state index in [4.69, 9.17) is 10.8 Å². The third-order valence-corrected chi connectivity index (χ3v) is 2.74. The van der Waals surface area contributed by atoms with Gasteiger partial charge in [0, 0.05) is 25.9 Å². The zero-order chi connectivity index (χ0) is 11.3. The van der Waals surface area contributed by atoms with Crippen LogP contribution in [0.2, 0.25) is 0 Å². The fraction of sp³-hybridized carbons (Fsp3) is 0.800. The van der Waals surface area contributed by atoms with Gasteiger partial charge in [0.15, 0.2) is 0 Å². The molecule has 0 aliphatic carbocycles. The van der Waals surface area contributed by atoms with Crippen molar-refractivity contribution in [2.45, 2.75) is 25.7 Å². The first-order valence-corrected chi connectivity index (χ1v) is 5.30. The summed E-state index contributed by atoms with van der Waals surface area (Å²) in [6.45, 7) is 2.38. The Morgan fingerprint density at radius 1 is 1.47 bits per heavy atom. The monoisotopic (exact) mass is 214 g/mol. The normalized spacial score (nSPS) is 22.5. The summed E-state index contributed by atoms with van der Waals surface area (Å²) in [5.41, 5.74) is 5.07. The molecule has 0 aromatic carbocycles. The fourth-order valence-corrected chi connectivity index (χ4v) is 2.04. The lowest BCUT2D eigenvalue weighted by Crippen LogP contribution is -2.38. The standard InChI is InChI=1S/C10H18N2O3/c11-9(13)3-5-12-4-1-2-8(7-12)6-10(14)15/h8H,1-7H2,(H2,11,13)(H,14,15). The Bertz CT molecular complexity index is 243. The van der Waals surface area contributed by atoms with E-state index in [0.717, 1.165) is 25.9 Å². The Balaban J connectivity index is 2.28. The molecule has 0 spiro atoms. The second-order valence-corrected chi connectivity index (χ2v) is 4.12. The van der Waals surface area contributed by atoms with Gasteiger partial charge in [-0.3, -0.25) is 9.59 Å². The number of aliphatic carboxylic acids is 1. The predicted molar refractivity (Wildman–Crippen MR) is 55.2 cm³/mol. The number of amides is 1. The van der Waals surface area contributed by atoms with Crippen molar-refractivity contribution in [1.29, 1.82) is 0 Å². The molecule has 0 aromatic heterocycles. The van der Waals surface area contributed by atoms with Gasteiger partial charge >= 0.3 is 5.97 Å². The number of carbonyl (C=O) groups excluding carboxylic acids is 1. The molecule has 1 heterocycles. The molecule has 1 unspecified atom stereocenters. The lowest BCUT2D eigenvalue weighted by atomic mass is 9.95. The van der Waals surface area contributed by atoms with Crippen molar-refractivity contribution in [2.75, 3.05) is 19.6 Å². The predicted octanol–water partition coefficient (Wildman–Crippen LogP) is 0.0485. The van der Waals surface area contributed by atoms with E-state index in [1.54, 1.807) is 0 Å². The molecular formula is C10H18N2O3. The molecule has 3 N–H and O–H groups in total. The SMILES string of the molecule is NC(=O)CCN1CCCC(CC(=O)O)C1. The maximum atomic E-state index is 10.6. The molecule has 0 bridgehead atoms. The highest BCUT2D eigenvalue weighted by Gasteiger charge is 2.21. The maximum Gasteiger partial charge on any atom is 0.303 e. The van der Waals surface area contributed by atoms with E-state index in [0.29, 0.717) is 13.0 Å². The van der Waals surface area contributed by atoms with Gasteiger partial charge < -0.3 is 15.7 Å². The third-order valence-electron chi connectivity index (χ3n) is 2.74. The molecule has 15 heavy (non-hydrogen) atoms. The average molecular weight is 214 g/mol. The highest BCUT2D eigenvalue weighted by molar-refractivity contribution is 5.73. The Morgan fingerprint density at radius 3 is 2.80 bits per heavy atom. The first-order valence-electron chi connectivity index (χ1n) is 5.30. The number of hydrogen-bond acceptors (Lipinski definition) is 3. The van der Waals surface area contributed by atoms with Crippen molar-refractivity contribution in [1.82, 2.24) is 4.90 Å². The van der Waals surface area contributed by atoms with Crippen LogP contribution in [0.25, 0.3) is 0 Å². The summed E-state index contributed by atoms with van der Waals surface area (Å²) >= 11 is 0. The van der Waals surface area contributed by atoms with E-state index in [9.17, 15) is 9.59 Å². The molecule has 1 aliphatic heterocycles. The van der Waals surface area contributed by atoms with Gasteiger partial charge in [0.2, 0.25) is 5.91 Å². The average Bonchev–Trinajstić information content (AvgIpc) is 2.14. The van der Waals surface area contributed by atoms with Gasteiger partial charge in [-0.25, -0.2) is 0 Å². The van der Waals surface area contributed by atoms with E-state index in [-0.39, 0.29) is 18.2 Å². The molecule has 1 saturated heterocycles. The van der Waals surface area contributed by atoms with Crippen LogP contribution < -0.4 is 5.73 Å². The summed E-state index contributed by atoms with van der Waals surface area (Å²) in [4.78, 5) is 23.3. The topological polar surface area (TPSA) is 83.6 Å².